The number of methoxy groups -OCH3 is 1. The number of aryl methyl sites for hydroxylation is 1. The number of aliphatic hydroxyl groups excluding tert-OH is 1. The highest BCUT2D eigenvalue weighted by Crippen LogP contribution is 2.59. The van der Waals surface area contributed by atoms with Crippen LogP contribution < -0.4 is 10.1 Å². The number of likely N-dealkylation sites (tertiary alicyclic amines) is 1. The Morgan fingerprint density at radius 3 is 2.56 bits per heavy atom. The van der Waals surface area contributed by atoms with Crippen molar-refractivity contribution in [3.63, 3.8) is 0 Å². The zero-order valence-corrected chi connectivity index (χ0v) is 25.7. The Morgan fingerprint density at radius 1 is 1.14 bits per heavy atom. The van der Waals surface area contributed by atoms with Crippen LogP contribution in [0.4, 0.5) is 5.82 Å². The number of hydrogen-bond acceptors (Lipinski definition) is 9. The minimum Gasteiger partial charge on any atom is -0.497 e. The summed E-state index contributed by atoms with van der Waals surface area (Å²) >= 11 is 3.33. The van der Waals surface area contributed by atoms with Gasteiger partial charge in [0.1, 0.15) is 41.1 Å². The number of nitrogens with one attached hydrogen (secondary N) is 1. The normalized spacial score (nSPS) is 20.7. The maximum atomic E-state index is 13.9. The van der Waals surface area contributed by atoms with E-state index in [9.17, 15) is 19.5 Å². The molecule has 1 saturated carbocycles. The van der Waals surface area contributed by atoms with E-state index in [4.69, 9.17) is 4.74 Å². The molecule has 2 N–H and O–H groups in total. The van der Waals surface area contributed by atoms with Crippen molar-refractivity contribution < 1.29 is 24.2 Å². The molecule has 3 atom stereocenters. The van der Waals surface area contributed by atoms with Crippen LogP contribution in [0.2, 0.25) is 0 Å². The molecule has 4 aromatic rings. The van der Waals surface area contributed by atoms with Gasteiger partial charge in [0.2, 0.25) is 11.8 Å². The third-order valence-corrected chi connectivity index (χ3v) is 8.72. The van der Waals surface area contributed by atoms with Crippen LogP contribution in [0.25, 0.3) is 22.0 Å². The highest BCUT2D eigenvalue weighted by Gasteiger charge is 2.64. The van der Waals surface area contributed by atoms with Crippen molar-refractivity contribution in [2.45, 2.75) is 58.8 Å². The van der Waals surface area contributed by atoms with Crippen LogP contribution in [0.15, 0.2) is 41.3 Å². The van der Waals surface area contributed by atoms with Crippen molar-refractivity contribution in [1.82, 2.24) is 29.6 Å². The highest BCUT2D eigenvalue weighted by molar-refractivity contribution is 9.10. The van der Waals surface area contributed by atoms with Gasteiger partial charge in [0.15, 0.2) is 11.6 Å². The van der Waals surface area contributed by atoms with Crippen LogP contribution in [0, 0.1) is 12.3 Å². The van der Waals surface area contributed by atoms with Crippen molar-refractivity contribution in [3.8, 4) is 16.9 Å². The van der Waals surface area contributed by atoms with Crippen LogP contribution in [-0.4, -0.2) is 71.5 Å². The predicted molar refractivity (Wildman–Crippen MR) is 160 cm³/mol. The summed E-state index contributed by atoms with van der Waals surface area (Å²) in [5, 5.41) is 17.3. The molecule has 1 aromatic carbocycles. The van der Waals surface area contributed by atoms with E-state index in [1.165, 1.54) is 14.0 Å². The van der Waals surface area contributed by atoms with E-state index in [2.05, 4.69) is 48.2 Å². The van der Waals surface area contributed by atoms with Crippen LogP contribution in [-0.2, 0) is 22.7 Å². The lowest BCUT2D eigenvalue weighted by Crippen LogP contribution is -2.46. The molecule has 222 valence electrons. The first kappa shape index (κ1) is 28.9. The topological polar surface area (TPSA) is 152 Å². The smallest absolute Gasteiger partial charge is 0.248 e. The fourth-order valence-corrected chi connectivity index (χ4v) is 6.51. The molecule has 12 nitrogen and oxygen atoms in total. The number of nitrogens with zero attached hydrogens (tertiary/aromatic N) is 6. The Bertz CT molecular complexity index is 1790. The van der Waals surface area contributed by atoms with Gasteiger partial charge in [-0.2, -0.15) is 5.10 Å². The zero-order chi connectivity index (χ0) is 30.6. The molecule has 2 aliphatic rings. The number of anilines is 1. The SMILES string of the molecule is COc1cc(Br)nc(NC(=O)[C@@H]2C[C@@]3(C)C[C@H]3N2C(=O)Cn2nc(C(C)=O)c3cc(-c4cnc(CO)nc4)cc(C)c32)c1. The molecule has 13 heteroatoms. The minimum atomic E-state index is -0.674. The van der Waals surface area contributed by atoms with E-state index in [0.717, 1.165) is 23.1 Å². The van der Waals surface area contributed by atoms with Crippen LogP contribution in [0.5, 0.6) is 5.75 Å². The molecule has 6 rings (SSSR count). The summed E-state index contributed by atoms with van der Waals surface area (Å²) in [6.07, 6.45) is 4.60. The Morgan fingerprint density at radius 2 is 1.88 bits per heavy atom. The highest BCUT2D eigenvalue weighted by atomic mass is 79.9. The predicted octanol–water partition coefficient (Wildman–Crippen LogP) is 3.68. The van der Waals surface area contributed by atoms with Gasteiger partial charge in [-0.25, -0.2) is 15.0 Å². The third kappa shape index (κ3) is 5.27. The zero-order valence-electron chi connectivity index (χ0n) is 24.1. The van der Waals surface area contributed by atoms with E-state index in [1.807, 2.05) is 19.1 Å². The summed E-state index contributed by atoms with van der Waals surface area (Å²) < 4.78 is 7.35. The Labute approximate surface area is 255 Å². The van der Waals surface area contributed by atoms with E-state index >= 15 is 0 Å². The van der Waals surface area contributed by atoms with Gasteiger partial charge in [-0.15, -0.1) is 0 Å². The molecular weight excluding hydrogens is 618 g/mol. The first-order chi connectivity index (χ1) is 20.5. The third-order valence-electron chi connectivity index (χ3n) is 8.31. The Hall–Kier alpha value is -4.23. The molecule has 4 heterocycles. The second-order valence-electron chi connectivity index (χ2n) is 11.4. The van der Waals surface area contributed by atoms with Gasteiger partial charge in [-0.05, 0) is 64.4 Å². The number of fused-ring (bicyclic) bond motifs is 2. The summed E-state index contributed by atoms with van der Waals surface area (Å²) in [6, 6.07) is 6.35. The first-order valence-corrected chi connectivity index (χ1v) is 14.6. The molecule has 2 fully saturated rings. The van der Waals surface area contributed by atoms with Crippen molar-refractivity contribution in [3.05, 3.63) is 58.3 Å². The second kappa shape index (κ2) is 10.8. The molecule has 1 aliphatic heterocycles. The maximum Gasteiger partial charge on any atom is 0.248 e. The number of ether oxygens (including phenoxy) is 1. The number of carbonyl (C=O) groups is 3. The number of rotatable bonds is 8. The van der Waals surface area contributed by atoms with Gasteiger partial charge in [0.25, 0.3) is 0 Å². The Kier molecular flexibility index (Phi) is 7.25. The van der Waals surface area contributed by atoms with Crippen LogP contribution in [0.3, 0.4) is 0 Å². The van der Waals surface area contributed by atoms with Gasteiger partial charge in [-0.1, -0.05) is 6.92 Å². The summed E-state index contributed by atoms with van der Waals surface area (Å²) in [4.78, 5) is 54.4. The lowest BCUT2D eigenvalue weighted by atomic mass is 10.0. The number of aromatic nitrogens is 5. The number of piperidine rings is 1. The van der Waals surface area contributed by atoms with Gasteiger partial charge >= 0.3 is 0 Å². The minimum absolute atomic E-state index is 0.0514. The lowest BCUT2D eigenvalue weighted by molar-refractivity contribution is -0.138. The molecule has 0 spiro atoms. The van der Waals surface area contributed by atoms with Gasteiger partial charge < -0.3 is 20.1 Å². The van der Waals surface area contributed by atoms with E-state index in [-0.39, 0.29) is 47.9 Å². The maximum absolute atomic E-state index is 13.9. The van der Waals surface area contributed by atoms with Crippen LogP contribution in [0.1, 0.15) is 48.6 Å². The molecule has 43 heavy (non-hydrogen) atoms. The lowest BCUT2D eigenvalue weighted by Gasteiger charge is -2.27. The van der Waals surface area contributed by atoms with Crippen molar-refractivity contribution in [1.29, 1.82) is 0 Å². The molecule has 1 aliphatic carbocycles. The summed E-state index contributed by atoms with van der Waals surface area (Å²) in [6.45, 7) is 5.03. The number of Topliss-reactive ketones (excluding diaryl/α,β-unsaturated/α-hetero) is 1. The second-order valence-corrected chi connectivity index (χ2v) is 12.2. The monoisotopic (exact) mass is 647 g/mol. The molecule has 1 saturated heterocycles. The molecular formula is C30H30BrN7O5. The number of hydrogen-bond donors (Lipinski definition) is 2. The molecule has 2 amide bonds. The number of ketones is 1. The number of halogens is 1. The molecule has 0 radical (unpaired) electrons. The number of aliphatic hydroxyl groups is 1. The standard InChI is InChI=1S/C30H30BrN7O5/c1-15-5-17(18-11-32-25(14-39)33-12-18)6-20-27(16(2)40)36-37(28(15)20)13-26(41)38-21(9-30(3)10-22(30)38)29(42)35-24-8-19(43-4)7-23(31)34-24/h5-8,11-12,21-22,39H,9-10,13-14H2,1-4H3,(H,34,35,42)/t21-,22+,30-/m0/s1. The van der Waals surface area contributed by atoms with Gasteiger partial charge in [0.05, 0.1) is 12.6 Å². The van der Waals surface area contributed by atoms with E-state index in [1.54, 1.807) is 34.1 Å². The first-order valence-electron chi connectivity index (χ1n) is 13.8. The van der Waals surface area contributed by atoms with Crippen molar-refractivity contribution in [2.24, 2.45) is 5.41 Å². The van der Waals surface area contributed by atoms with Gasteiger partial charge in [-0.3, -0.25) is 19.1 Å². The quantitative estimate of drug-likeness (QED) is 0.215. The fraction of sp³-hybridized carbons (Fsp3) is 0.367. The average Bonchev–Trinajstić information content (AvgIpc) is 3.33. The summed E-state index contributed by atoms with van der Waals surface area (Å²) in [5.74, 6) is 0.365. The van der Waals surface area contributed by atoms with Gasteiger partial charge in [0, 0.05) is 48.4 Å². The largest absolute Gasteiger partial charge is 0.497 e. The van der Waals surface area contributed by atoms with Crippen LogP contribution >= 0.6 is 15.9 Å². The van der Waals surface area contributed by atoms with E-state index in [0.29, 0.717) is 39.3 Å². The number of carbonyl (C=O) groups excluding carboxylic acids is 3. The summed E-state index contributed by atoms with van der Waals surface area (Å²) in [7, 11) is 1.53. The summed E-state index contributed by atoms with van der Waals surface area (Å²) in [5.41, 5.74) is 3.10. The van der Waals surface area contributed by atoms with Crippen molar-refractivity contribution in [2.75, 3.05) is 12.4 Å². The number of pyridine rings is 1. The van der Waals surface area contributed by atoms with Crippen molar-refractivity contribution >= 4 is 50.2 Å². The molecule has 0 bridgehead atoms. The van der Waals surface area contributed by atoms with E-state index < -0.39 is 6.04 Å². The molecule has 3 aromatic heterocycles. The molecule has 0 unspecified atom stereocenters. The number of benzene rings is 1. The fourth-order valence-electron chi connectivity index (χ4n) is 6.09. The average molecular weight is 649 g/mol. The number of amides is 2. The Balaban J connectivity index is 1.30.